The second-order valence-corrected chi connectivity index (χ2v) is 6.49. The van der Waals surface area contributed by atoms with Crippen LogP contribution in [-0.4, -0.2) is 43.2 Å². The van der Waals surface area contributed by atoms with Crippen molar-refractivity contribution in [3.05, 3.63) is 58.7 Å². The van der Waals surface area contributed by atoms with E-state index < -0.39 is 34.5 Å². The van der Waals surface area contributed by atoms with Crippen molar-refractivity contribution in [2.75, 3.05) is 20.7 Å². The number of halogens is 5. The van der Waals surface area contributed by atoms with E-state index in [4.69, 9.17) is 4.74 Å². The zero-order valence-corrected chi connectivity index (χ0v) is 16.3. The Hall–Kier alpha value is -2.68. The van der Waals surface area contributed by atoms with Crippen LogP contribution < -0.4 is 4.74 Å². The van der Waals surface area contributed by atoms with Gasteiger partial charge < -0.3 is 14.7 Å². The molecular formula is C20H21F5N2O2. The van der Waals surface area contributed by atoms with Crippen LogP contribution in [0, 0.1) is 18.6 Å². The Morgan fingerprint density at radius 2 is 1.79 bits per heavy atom. The van der Waals surface area contributed by atoms with E-state index >= 15 is 0 Å². The molecule has 1 atom stereocenters. The molecule has 0 fully saturated rings. The first-order valence-electron chi connectivity index (χ1n) is 8.63. The molecule has 0 spiro atoms. The summed E-state index contributed by atoms with van der Waals surface area (Å²) in [7, 11) is 2.87. The average Bonchev–Trinajstić information content (AvgIpc) is 2.66. The summed E-state index contributed by atoms with van der Waals surface area (Å²) in [5.41, 5.74) is -5.28. The third kappa shape index (κ3) is 4.34. The van der Waals surface area contributed by atoms with Crippen LogP contribution in [-0.2, 0) is 5.60 Å². The molecule has 0 saturated carbocycles. The van der Waals surface area contributed by atoms with Crippen molar-refractivity contribution in [2.45, 2.75) is 25.6 Å². The molecule has 0 amide bonds. The Morgan fingerprint density at radius 1 is 1.14 bits per heavy atom. The minimum absolute atomic E-state index is 0.279. The predicted octanol–water partition coefficient (Wildman–Crippen LogP) is 4.69. The van der Waals surface area contributed by atoms with Crippen molar-refractivity contribution in [1.82, 2.24) is 4.90 Å². The van der Waals surface area contributed by atoms with Gasteiger partial charge in [0.05, 0.1) is 19.1 Å². The van der Waals surface area contributed by atoms with Gasteiger partial charge in [0.1, 0.15) is 17.4 Å². The summed E-state index contributed by atoms with van der Waals surface area (Å²) < 4.78 is 74.9. The second kappa shape index (κ2) is 8.36. The SMILES string of the molecule is CCN(C)C=Nc1cc(OC)c(C(O)(c2cc(F)ccc2F)C(F)(F)F)cc1C. The monoisotopic (exact) mass is 416 g/mol. The predicted molar refractivity (Wildman–Crippen MR) is 99.6 cm³/mol. The maximum Gasteiger partial charge on any atom is 0.426 e. The maximum atomic E-state index is 14.2. The fraction of sp³-hybridized carbons (Fsp3) is 0.350. The first-order chi connectivity index (χ1) is 13.4. The second-order valence-electron chi connectivity index (χ2n) is 6.49. The molecule has 2 rings (SSSR count). The highest BCUT2D eigenvalue weighted by atomic mass is 19.4. The van der Waals surface area contributed by atoms with Gasteiger partial charge in [0.25, 0.3) is 0 Å². The number of aryl methyl sites for hydroxylation is 1. The van der Waals surface area contributed by atoms with E-state index in [0.717, 1.165) is 13.2 Å². The number of aliphatic imine (C=N–C) groups is 1. The topological polar surface area (TPSA) is 45.1 Å². The van der Waals surface area contributed by atoms with Crippen molar-refractivity contribution in [3.8, 4) is 5.75 Å². The van der Waals surface area contributed by atoms with Crippen LogP contribution in [0.2, 0.25) is 0 Å². The number of ether oxygens (including phenoxy) is 1. The smallest absolute Gasteiger partial charge is 0.426 e. The van der Waals surface area contributed by atoms with Crippen LogP contribution in [0.4, 0.5) is 27.6 Å². The molecule has 2 aromatic rings. The van der Waals surface area contributed by atoms with Gasteiger partial charge in [-0.2, -0.15) is 13.2 Å². The highest BCUT2D eigenvalue weighted by Gasteiger charge is 2.59. The van der Waals surface area contributed by atoms with Crippen LogP contribution in [0.25, 0.3) is 0 Å². The zero-order valence-electron chi connectivity index (χ0n) is 16.3. The van der Waals surface area contributed by atoms with Gasteiger partial charge in [-0.05, 0) is 43.7 Å². The van der Waals surface area contributed by atoms with Crippen LogP contribution in [0.15, 0.2) is 35.3 Å². The van der Waals surface area contributed by atoms with Crippen LogP contribution in [0.1, 0.15) is 23.6 Å². The lowest BCUT2D eigenvalue weighted by Gasteiger charge is -2.33. The molecule has 2 aromatic carbocycles. The summed E-state index contributed by atoms with van der Waals surface area (Å²) in [5.74, 6) is -2.90. The molecule has 4 nitrogen and oxygen atoms in total. The first kappa shape index (κ1) is 22.6. The van der Waals surface area contributed by atoms with E-state index in [1.54, 1.807) is 11.9 Å². The number of nitrogens with zero attached hydrogens (tertiary/aromatic N) is 2. The summed E-state index contributed by atoms with van der Waals surface area (Å²) in [6, 6.07) is 3.73. The van der Waals surface area contributed by atoms with Gasteiger partial charge in [-0.3, -0.25) is 0 Å². The largest absolute Gasteiger partial charge is 0.496 e. The Kier molecular flexibility index (Phi) is 6.52. The van der Waals surface area contributed by atoms with Crippen LogP contribution in [0.3, 0.4) is 0 Å². The number of rotatable bonds is 6. The van der Waals surface area contributed by atoms with Gasteiger partial charge in [-0.15, -0.1) is 0 Å². The molecule has 0 aliphatic heterocycles. The van der Waals surface area contributed by atoms with Gasteiger partial charge in [0.2, 0.25) is 5.60 Å². The lowest BCUT2D eigenvalue weighted by Crippen LogP contribution is -2.44. The Balaban J connectivity index is 2.77. The van der Waals surface area contributed by atoms with Crippen LogP contribution in [0.5, 0.6) is 5.75 Å². The fourth-order valence-corrected chi connectivity index (χ4v) is 2.74. The number of benzene rings is 2. The lowest BCUT2D eigenvalue weighted by molar-refractivity contribution is -0.249. The summed E-state index contributed by atoms with van der Waals surface area (Å²) in [4.78, 5) is 5.94. The van der Waals surface area contributed by atoms with E-state index in [9.17, 15) is 27.1 Å². The third-order valence-electron chi connectivity index (χ3n) is 4.53. The molecule has 0 saturated heterocycles. The minimum atomic E-state index is -5.37. The van der Waals surface area contributed by atoms with Crippen molar-refractivity contribution in [2.24, 2.45) is 4.99 Å². The Bertz CT molecular complexity index is 914. The first-order valence-corrected chi connectivity index (χ1v) is 8.63. The van der Waals surface area contributed by atoms with Gasteiger partial charge in [0.15, 0.2) is 0 Å². The molecule has 0 aromatic heterocycles. The Labute approximate surface area is 165 Å². The third-order valence-corrected chi connectivity index (χ3v) is 4.53. The molecule has 0 bridgehead atoms. The molecule has 0 heterocycles. The van der Waals surface area contributed by atoms with E-state index in [2.05, 4.69) is 4.99 Å². The molecule has 29 heavy (non-hydrogen) atoms. The lowest BCUT2D eigenvalue weighted by atomic mass is 9.83. The van der Waals surface area contributed by atoms with E-state index in [1.807, 2.05) is 6.92 Å². The van der Waals surface area contributed by atoms with E-state index in [1.165, 1.54) is 19.3 Å². The average molecular weight is 416 g/mol. The number of hydrogen-bond acceptors (Lipinski definition) is 3. The molecule has 1 unspecified atom stereocenters. The molecular weight excluding hydrogens is 395 g/mol. The highest BCUT2D eigenvalue weighted by molar-refractivity contribution is 5.66. The highest BCUT2D eigenvalue weighted by Crippen LogP contribution is 2.49. The normalized spacial score (nSPS) is 14.1. The molecule has 9 heteroatoms. The van der Waals surface area contributed by atoms with Gasteiger partial charge >= 0.3 is 6.18 Å². The minimum Gasteiger partial charge on any atom is -0.496 e. The van der Waals surface area contributed by atoms with Gasteiger partial charge in [0, 0.05) is 30.8 Å². The number of hydrogen-bond donors (Lipinski definition) is 1. The quantitative estimate of drug-likeness (QED) is 0.422. The van der Waals surface area contributed by atoms with Crippen LogP contribution >= 0.6 is 0 Å². The number of alkyl halides is 3. The molecule has 0 aliphatic carbocycles. The molecule has 1 N–H and O–H groups in total. The summed E-state index contributed by atoms with van der Waals surface area (Å²) in [6.07, 6.45) is -3.88. The van der Waals surface area contributed by atoms with Crippen molar-refractivity contribution in [1.29, 1.82) is 0 Å². The number of methoxy groups -OCH3 is 1. The van der Waals surface area contributed by atoms with E-state index in [0.29, 0.717) is 30.4 Å². The fourth-order valence-electron chi connectivity index (χ4n) is 2.74. The number of aliphatic hydroxyl groups is 1. The molecule has 0 radical (unpaired) electrons. The van der Waals surface area contributed by atoms with Gasteiger partial charge in [-0.25, -0.2) is 13.8 Å². The van der Waals surface area contributed by atoms with Crippen molar-refractivity contribution in [3.63, 3.8) is 0 Å². The molecule has 0 aliphatic rings. The maximum absolute atomic E-state index is 14.2. The summed E-state index contributed by atoms with van der Waals surface area (Å²) in [6.45, 7) is 4.03. The molecule has 158 valence electrons. The Morgan fingerprint density at radius 3 is 2.34 bits per heavy atom. The standard InChI is InChI=1S/C20H21F5N2O2/c1-5-27(3)11-26-17-10-18(29-4)15(8-12(17)2)19(28,20(23,24)25)14-9-13(21)6-7-16(14)22/h6-11,28H,5H2,1-4H3. The van der Waals surface area contributed by atoms with Gasteiger partial charge in [-0.1, -0.05) is 0 Å². The van der Waals surface area contributed by atoms with Crippen molar-refractivity contribution >= 4 is 12.0 Å². The summed E-state index contributed by atoms with van der Waals surface area (Å²) >= 11 is 0. The van der Waals surface area contributed by atoms with Crippen molar-refractivity contribution < 1.29 is 31.8 Å². The zero-order chi connectivity index (χ0) is 22.0. The summed E-state index contributed by atoms with van der Waals surface area (Å²) in [5, 5.41) is 10.7. The van der Waals surface area contributed by atoms with E-state index in [-0.39, 0.29) is 11.3 Å².